The van der Waals surface area contributed by atoms with Crippen molar-refractivity contribution in [3.05, 3.63) is 0 Å². The second-order valence-corrected chi connectivity index (χ2v) is 4.45. The summed E-state index contributed by atoms with van der Waals surface area (Å²) in [5, 5.41) is 3.28. The molecule has 84 valence electrons. The van der Waals surface area contributed by atoms with E-state index in [0.29, 0.717) is 12.5 Å². The monoisotopic (exact) mass is 208 g/mol. The second-order valence-electron chi connectivity index (χ2n) is 4.45. The Bertz CT molecular complexity index is 267. The van der Waals surface area contributed by atoms with Gasteiger partial charge in [0.2, 0.25) is 5.91 Å². The molecule has 0 saturated carbocycles. The lowest BCUT2D eigenvalue weighted by Crippen LogP contribution is -2.43. The molecule has 2 atom stereocenters. The smallest absolute Gasteiger partial charge is 0.240 e. The molecule has 0 aromatic carbocycles. The Morgan fingerprint density at radius 2 is 2.27 bits per heavy atom. The number of carbonyl (C=O) groups excluding carboxylic acids is 1. The topological polar surface area (TPSA) is 32.3 Å². The number of nitrogens with zero attached hydrogens (tertiary/aromatic N) is 1. The lowest BCUT2D eigenvalue weighted by atomic mass is 10.2. The van der Waals surface area contributed by atoms with Gasteiger partial charge < -0.3 is 10.2 Å². The molecule has 0 aromatic rings. The maximum absolute atomic E-state index is 12.0. The summed E-state index contributed by atoms with van der Waals surface area (Å²) >= 11 is 0. The molecule has 3 heteroatoms. The Kier molecular flexibility index (Phi) is 4.16. The average molecular weight is 208 g/mol. The van der Waals surface area contributed by atoms with Gasteiger partial charge in [-0.1, -0.05) is 13.8 Å². The van der Waals surface area contributed by atoms with Gasteiger partial charge in [0.05, 0.1) is 6.04 Å². The standard InChI is InChI=1S/C12H20N2O/c1-5-6-10(4)14-8-7-11(12(14)15)13-9(2)3/h1,9-11,13H,6-8H2,2-4H3. The number of amides is 1. The van der Waals surface area contributed by atoms with Gasteiger partial charge in [-0.25, -0.2) is 0 Å². The highest BCUT2D eigenvalue weighted by atomic mass is 16.2. The predicted molar refractivity (Wildman–Crippen MR) is 61.3 cm³/mol. The van der Waals surface area contributed by atoms with Crippen molar-refractivity contribution in [2.75, 3.05) is 6.54 Å². The molecule has 1 N–H and O–H groups in total. The summed E-state index contributed by atoms with van der Waals surface area (Å²) in [5.41, 5.74) is 0. The Labute approximate surface area is 92.2 Å². The molecule has 0 spiro atoms. The van der Waals surface area contributed by atoms with E-state index in [2.05, 4.69) is 25.1 Å². The molecule has 1 heterocycles. The summed E-state index contributed by atoms with van der Waals surface area (Å²) in [6.45, 7) is 6.95. The van der Waals surface area contributed by atoms with E-state index in [1.807, 2.05) is 11.8 Å². The number of carbonyl (C=O) groups is 1. The summed E-state index contributed by atoms with van der Waals surface area (Å²) in [4.78, 5) is 13.8. The van der Waals surface area contributed by atoms with E-state index < -0.39 is 0 Å². The maximum Gasteiger partial charge on any atom is 0.240 e. The van der Waals surface area contributed by atoms with Crippen molar-refractivity contribution < 1.29 is 4.79 Å². The Morgan fingerprint density at radius 3 is 2.80 bits per heavy atom. The molecule has 1 aliphatic heterocycles. The van der Waals surface area contributed by atoms with Crippen LogP contribution < -0.4 is 5.32 Å². The van der Waals surface area contributed by atoms with E-state index >= 15 is 0 Å². The number of likely N-dealkylation sites (tertiary alicyclic amines) is 1. The SMILES string of the molecule is C#CCC(C)N1CCC(NC(C)C)C1=O. The van der Waals surface area contributed by atoms with E-state index in [1.54, 1.807) is 0 Å². The molecule has 0 radical (unpaired) electrons. The third kappa shape index (κ3) is 2.97. The molecule has 0 aliphatic carbocycles. The number of hydrogen-bond donors (Lipinski definition) is 1. The molecular formula is C12H20N2O. The molecule has 1 amide bonds. The third-order valence-corrected chi connectivity index (χ3v) is 2.72. The van der Waals surface area contributed by atoms with Gasteiger partial charge in [0.15, 0.2) is 0 Å². The lowest BCUT2D eigenvalue weighted by molar-refractivity contribution is -0.131. The zero-order valence-corrected chi connectivity index (χ0v) is 9.79. The fourth-order valence-electron chi connectivity index (χ4n) is 1.98. The Hall–Kier alpha value is -1.01. The first-order valence-corrected chi connectivity index (χ1v) is 5.56. The van der Waals surface area contributed by atoms with Crippen LogP contribution in [0, 0.1) is 12.3 Å². The number of nitrogens with one attached hydrogen (secondary N) is 1. The van der Waals surface area contributed by atoms with E-state index in [0.717, 1.165) is 13.0 Å². The van der Waals surface area contributed by atoms with Crippen molar-refractivity contribution >= 4 is 5.91 Å². The van der Waals surface area contributed by atoms with Gasteiger partial charge in [0.1, 0.15) is 0 Å². The lowest BCUT2D eigenvalue weighted by Gasteiger charge is -2.23. The van der Waals surface area contributed by atoms with Gasteiger partial charge in [-0.05, 0) is 13.3 Å². The Morgan fingerprint density at radius 1 is 1.60 bits per heavy atom. The van der Waals surface area contributed by atoms with Crippen molar-refractivity contribution in [1.82, 2.24) is 10.2 Å². The molecular weight excluding hydrogens is 188 g/mol. The van der Waals surface area contributed by atoms with E-state index in [9.17, 15) is 4.79 Å². The largest absolute Gasteiger partial charge is 0.338 e. The minimum absolute atomic E-state index is 0.00905. The normalized spacial score (nSPS) is 23.3. The summed E-state index contributed by atoms with van der Waals surface area (Å²) in [7, 11) is 0. The molecule has 1 fully saturated rings. The van der Waals surface area contributed by atoms with Crippen LogP contribution in [0.1, 0.15) is 33.6 Å². The highest BCUT2D eigenvalue weighted by Gasteiger charge is 2.33. The van der Waals surface area contributed by atoms with Crippen molar-refractivity contribution in [1.29, 1.82) is 0 Å². The van der Waals surface area contributed by atoms with Crippen LogP contribution in [0.25, 0.3) is 0 Å². The molecule has 15 heavy (non-hydrogen) atoms. The number of rotatable bonds is 4. The molecule has 1 saturated heterocycles. The Balaban J connectivity index is 2.53. The van der Waals surface area contributed by atoms with Gasteiger partial charge in [-0.15, -0.1) is 12.3 Å². The fraction of sp³-hybridized carbons (Fsp3) is 0.750. The highest BCUT2D eigenvalue weighted by Crippen LogP contribution is 2.16. The third-order valence-electron chi connectivity index (χ3n) is 2.72. The summed E-state index contributed by atoms with van der Waals surface area (Å²) in [6, 6.07) is 0.508. The van der Waals surface area contributed by atoms with E-state index in [4.69, 9.17) is 6.42 Å². The van der Waals surface area contributed by atoms with Crippen molar-refractivity contribution in [3.8, 4) is 12.3 Å². The minimum Gasteiger partial charge on any atom is -0.338 e. The quantitative estimate of drug-likeness (QED) is 0.699. The van der Waals surface area contributed by atoms with Gasteiger partial charge in [0.25, 0.3) is 0 Å². The van der Waals surface area contributed by atoms with Gasteiger partial charge in [-0.3, -0.25) is 4.79 Å². The van der Waals surface area contributed by atoms with Crippen LogP contribution in [0.15, 0.2) is 0 Å². The highest BCUT2D eigenvalue weighted by molar-refractivity contribution is 5.84. The molecule has 1 rings (SSSR count). The molecule has 0 bridgehead atoms. The van der Waals surface area contributed by atoms with Gasteiger partial charge in [0, 0.05) is 25.0 Å². The van der Waals surface area contributed by atoms with Crippen LogP contribution in [0.2, 0.25) is 0 Å². The van der Waals surface area contributed by atoms with Crippen LogP contribution in [-0.2, 0) is 4.79 Å². The zero-order chi connectivity index (χ0) is 11.4. The molecule has 3 nitrogen and oxygen atoms in total. The first kappa shape index (κ1) is 12.1. The van der Waals surface area contributed by atoms with Crippen molar-refractivity contribution in [3.63, 3.8) is 0 Å². The fourth-order valence-corrected chi connectivity index (χ4v) is 1.98. The molecule has 2 unspecified atom stereocenters. The first-order chi connectivity index (χ1) is 7.06. The van der Waals surface area contributed by atoms with Gasteiger partial charge in [-0.2, -0.15) is 0 Å². The van der Waals surface area contributed by atoms with Crippen LogP contribution in [0.3, 0.4) is 0 Å². The second kappa shape index (κ2) is 5.18. The number of terminal acetylenes is 1. The van der Waals surface area contributed by atoms with Crippen LogP contribution >= 0.6 is 0 Å². The van der Waals surface area contributed by atoms with Crippen LogP contribution in [0.4, 0.5) is 0 Å². The predicted octanol–water partition coefficient (Wildman–Crippen LogP) is 0.997. The van der Waals surface area contributed by atoms with E-state index in [-0.39, 0.29) is 18.0 Å². The van der Waals surface area contributed by atoms with Crippen LogP contribution in [-0.4, -0.2) is 35.5 Å². The summed E-state index contributed by atoms with van der Waals surface area (Å²) < 4.78 is 0. The van der Waals surface area contributed by atoms with E-state index in [1.165, 1.54) is 0 Å². The van der Waals surface area contributed by atoms with Crippen molar-refractivity contribution in [2.24, 2.45) is 0 Å². The maximum atomic E-state index is 12.0. The zero-order valence-electron chi connectivity index (χ0n) is 9.79. The molecule has 0 aromatic heterocycles. The summed E-state index contributed by atoms with van der Waals surface area (Å²) in [5.74, 6) is 2.81. The van der Waals surface area contributed by atoms with Crippen LogP contribution in [0.5, 0.6) is 0 Å². The minimum atomic E-state index is -0.00905. The first-order valence-electron chi connectivity index (χ1n) is 5.56. The van der Waals surface area contributed by atoms with Gasteiger partial charge >= 0.3 is 0 Å². The number of hydrogen-bond acceptors (Lipinski definition) is 2. The van der Waals surface area contributed by atoms with Crippen molar-refractivity contribution in [2.45, 2.75) is 51.7 Å². The average Bonchev–Trinajstić information content (AvgIpc) is 2.48. The summed E-state index contributed by atoms with van der Waals surface area (Å²) in [6.07, 6.45) is 6.79. The molecule has 1 aliphatic rings.